The van der Waals surface area contributed by atoms with Crippen LogP contribution in [-0.2, 0) is 6.42 Å². The Morgan fingerprint density at radius 1 is 1.09 bits per heavy atom. The number of aromatic nitrogens is 2. The van der Waals surface area contributed by atoms with Crippen LogP contribution in [0.25, 0.3) is 10.9 Å². The number of nitrogen functional groups attached to an aromatic ring is 1. The molecule has 2 aromatic carbocycles. The molecule has 5 rings (SSSR count). The van der Waals surface area contributed by atoms with Crippen molar-refractivity contribution in [2.45, 2.75) is 18.5 Å². The Morgan fingerprint density at radius 2 is 1.94 bits per heavy atom. The van der Waals surface area contributed by atoms with Crippen LogP contribution in [-0.4, -0.2) is 27.8 Å². The van der Waals surface area contributed by atoms with E-state index >= 15 is 0 Å². The number of rotatable bonds is 4. The number of nitriles is 1. The van der Waals surface area contributed by atoms with Crippen LogP contribution in [0.5, 0.6) is 0 Å². The molecular weight excluding hydrogens is 416 g/mol. The Labute approximate surface area is 189 Å². The van der Waals surface area contributed by atoms with Crippen LogP contribution < -0.4 is 16.4 Å². The van der Waals surface area contributed by atoms with Gasteiger partial charge in [0.05, 0.1) is 29.3 Å². The van der Waals surface area contributed by atoms with Crippen molar-refractivity contribution < 1.29 is 9.59 Å². The summed E-state index contributed by atoms with van der Waals surface area (Å²) >= 11 is 0. The van der Waals surface area contributed by atoms with Gasteiger partial charge in [-0.25, -0.2) is 0 Å². The van der Waals surface area contributed by atoms with Crippen LogP contribution in [0, 0.1) is 11.3 Å². The summed E-state index contributed by atoms with van der Waals surface area (Å²) in [6, 6.07) is 17.6. The SMILES string of the molecule is N#Cc1ccc2[nH]c(C(=O)N[C@H]3Cc4ccccc4[C@@H]3NC(=O)c3cnccc3N)cc2c1. The van der Waals surface area contributed by atoms with Gasteiger partial charge in [0.25, 0.3) is 11.8 Å². The number of hydrogen-bond acceptors (Lipinski definition) is 5. The van der Waals surface area contributed by atoms with E-state index in [4.69, 9.17) is 11.0 Å². The van der Waals surface area contributed by atoms with Crippen molar-refractivity contribution in [3.8, 4) is 6.07 Å². The number of fused-ring (bicyclic) bond motifs is 2. The van der Waals surface area contributed by atoms with Crippen LogP contribution in [0.4, 0.5) is 5.69 Å². The van der Waals surface area contributed by atoms with E-state index in [9.17, 15) is 9.59 Å². The fraction of sp³-hybridized carbons (Fsp3) is 0.120. The molecule has 0 saturated heterocycles. The van der Waals surface area contributed by atoms with Crippen molar-refractivity contribution in [3.05, 3.63) is 94.9 Å². The molecule has 2 heterocycles. The average Bonchev–Trinajstić information content (AvgIpc) is 3.40. The monoisotopic (exact) mass is 436 g/mol. The summed E-state index contributed by atoms with van der Waals surface area (Å²) < 4.78 is 0. The van der Waals surface area contributed by atoms with Crippen molar-refractivity contribution in [1.82, 2.24) is 20.6 Å². The van der Waals surface area contributed by atoms with Crippen molar-refractivity contribution in [2.24, 2.45) is 0 Å². The van der Waals surface area contributed by atoms with Crippen LogP contribution >= 0.6 is 0 Å². The van der Waals surface area contributed by atoms with Gasteiger partial charge in [0.15, 0.2) is 0 Å². The molecule has 0 spiro atoms. The number of H-pyrrole nitrogens is 1. The van der Waals surface area contributed by atoms with Crippen molar-refractivity contribution in [3.63, 3.8) is 0 Å². The predicted molar refractivity (Wildman–Crippen MR) is 123 cm³/mol. The third-order valence-electron chi connectivity index (χ3n) is 5.93. The molecule has 0 aliphatic heterocycles. The number of pyridine rings is 1. The molecule has 4 aromatic rings. The molecule has 162 valence electrons. The zero-order valence-electron chi connectivity index (χ0n) is 17.5. The number of amides is 2. The average molecular weight is 436 g/mol. The lowest BCUT2D eigenvalue weighted by Crippen LogP contribution is -2.44. The fourth-order valence-corrected chi connectivity index (χ4v) is 4.29. The van der Waals surface area contributed by atoms with Gasteiger partial charge in [-0.1, -0.05) is 24.3 Å². The Morgan fingerprint density at radius 3 is 2.76 bits per heavy atom. The van der Waals surface area contributed by atoms with Gasteiger partial charge >= 0.3 is 0 Å². The van der Waals surface area contributed by atoms with E-state index in [1.807, 2.05) is 24.3 Å². The second kappa shape index (κ2) is 8.13. The quantitative estimate of drug-likeness (QED) is 0.390. The maximum Gasteiger partial charge on any atom is 0.268 e. The Balaban J connectivity index is 1.40. The third-order valence-corrected chi connectivity index (χ3v) is 5.93. The van der Waals surface area contributed by atoms with E-state index in [0.29, 0.717) is 23.4 Å². The van der Waals surface area contributed by atoms with Crippen LogP contribution in [0.1, 0.15) is 43.6 Å². The summed E-state index contributed by atoms with van der Waals surface area (Å²) in [6.45, 7) is 0. The van der Waals surface area contributed by atoms with Crippen molar-refractivity contribution >= 4 is 28.4 Å². The third kappa shape index (κ3) is 3.77. The number of nitrogens with zero attached hydrogens (tertiary/aromatic N) is 2. The minimum atomic E-state index is -0.424. The number of benzene rings is 2. The van der Waals surface area contributed by atoms with Gasteiger partial charge in [0.2, 0.25) is 0 Å². The lowest BCUT2D eigenvalue weighted by molar-refractivity contribution is 0.0886. The van der Waals surface area contributed by atoms with E-state index in [1.54, 1.807) is 30.3 Å². The Kier molecular flexibility index (Phi) is 4.99. The molecule has 0 radical (unpaired) electrons. The standard InChI is InChI=1S/C25H20N6O2/c26-12-14-5-6-20-16(9-14)11-22(29-20)25(33)30-21-10-15-3-1-2-4-17(15)23(21)31-24(32)18-13-28-8-7-19(18)27/h1-9,11,13,21,23,29H,10H2,(H2,27,28)(H,30,33)(H,31,32)/t21-,23-/m0/s1. The molecule has 0 fully saturated rings. The summed E-state index contributed by atoms with van der Waals surface area (Å²) in [5, 5.41) is 16.0. The molecule has 33 heavy (non-hydrogen) atoms. The molecule has 5 N–H and O–H groups in total. The Hall–Kier alpha value is -4.64. The number of aromatic amines is 1. The predicted octanol–water partition coefficient (Wildman–Crippen LogP) is 2.84. The highest BCUT2D eigenvalue weighted by Gasteiger charge is 2.35. The normalized spacial score (nSPS) is 16.7. The number of carbonyl (C=O) groups excluding carboxylic acids is 2. The summed E-state index contributed by atoms with van der Waals surface area (Å²) in [5.41, 5.74) is 10.3. The van der Waals surface area contributed by atoms with Gasteiger partial charge in [0, 0.05) is 29.0 Å². The van der Waals surface area contributed by atoms with E-state index in [-0.39, 0.29) is 23.4 Å². The minimum Gasteiger partial charge on any atom is -0.398 e. The van der Waals surface area contributed by atoms with Crippen LogP contribution in [0.2, 0.25) is 0 Å². The summed E-state index contributed by atoms with van der Waals surface area (Å²) in [4.78, 5) is 33.1. The largest absolute Gasteiger partial charge is 0.398 e. The van der Waals surface area contributed by atoms with Crippen molar-refractivity contribution in [2.75, 3.05) is 5.73 Å². The summed E-state index contributed by atoms with van der Waals surface area (Å²) in [7, 11) is 0. The zero-order valence-corrected chi connectivity index (χ0v) is 17.5. The topological polar surface area (TPSA) is 137 Å². The molecule has 0 saturated carbocycles. The second-order valence-electron chi connectivity index (χ2n) is 7.99. The maximum absolute atomic E-state index is 13.1. The Bertz CT molecular complexity index is 1430. The van der Waals surface area contributed by atoms with Crippen LogP contribution in [0.3, 0.4) is 0 Å². The molecule has 8 nitrogen and oxygen atoms in total. The first-order valence-corrected chi connectivity index (χ1v) is 10.5. The first kappa shape index (κ1) is 20.3. The lowest BCUT2D eigenvalue weighted by atomic mass is 10.1. The molecule has 2 aromatic heterocycles. The highest BCUT2D eigenvalue weighted by atomic mass is 16.2. The molecule has 2 atom stereocenters. The molecular formula is C25H20N6O2. The van der Waals surface area contributed by atoms with Crippen molar-refractivity contribution in [1.29, 1.82) is 5.26 Å². The lowest BCUT2D eigenvalue weighted by Gasteiger charge is -2.23. The number of nitrogens with two attached hydrogens (primary N) is 1. The minimum absolute atomic E-state index is 0.288. The molecule has 0 unspecified atom stereocenters. The fourth-order valence-electron chi connectivity index (χ4n) is 4.29. The van der Waals surface area contributed by atoms with E-state index in [1.165, 1.54) is 12.4 Å². The molecule has 8 heteroatoms. The zero-order chi connectivity index (χ0) is 22.9. The number of anilines is 1. The van der Waals surface area contributed by atoms with E-state index in [2.05, 4.69) is 26.7 Å². The second-order valence-corrected chi connectivity index (χ2v) is 7.99. The van der Waals surface area contributed by atoms with E-state index in [0.717, 1.165) is 22.0 Å². The number of nitrogens with one attached hydrogen (secondary N) is 3. The van der Waals surface area contributed by atoms with E-state index < -0.39 is 6.04 Å². The molecule has 1 aliphatic rings. The molecule has 1 aliphatic carbocycles. The molecule has 2 amide bonds. The highest BCUT2D eigenvalue weighted by molar-refractivity contribution is 6.00. The smallest absolute Gasteiger partial charge is 0.268 e. The highest BCUT2D eigenvalue weighted by Crippen LogP contribution is 2.32. The maximum atomic E-state index is 13.1. The first-order chi connectivity index (χ1) is 16.0. The van der Waals surface area contributed by atoms with Gasteiger partial charge in [-0.2, -0.15) is 5.26 Å². The van der Waals surface area contributed by atoms with Gasteiger partial charge in [-0.05, 0) is 47.9 Å². The van der Waals surface area contributed by atoms with Gasteiger partial charge < -0.3 is 21.4 Å². The first-order valence-electron chi connectivity index (χ1n) is 10.5. The molecule has 0 bridgehead atoms. The summed E-state index contributed by atoms with van der Waals surface area (Å²) in [5.74, 6) is -0.640. The van der Waals surface area contributed by atoms with Gasteiger partial charge in [0.1, 0.15) is 5.69 Å². The van der Waals surface area contributed by atoms with Gasteiger partial charge in [-0.3, -0.25) is 14.6 Å². The number of carbonyl (C=O) groups is 2. The van der Waals surface area contributed by atoms with Gasteiger partial charge in [-0.15, -0.1) is 0 Å². The van der Waals surface area contributed by atoms with Crippen LogP contribution in [0.15, 0.2) is 67.0 Å². The summed E-state index contributed by atoms with van der Waals surface area (Å²) in [6.07, 6.45) is 3.53. The number of hydrogen-bond donors (Lipinski definition) is 4.